The third kappa shape index (κ3) is 2.57. The van der Waals surface area contributed by atoms with Gasteiger partial charge in [0.15, 0.2) is 5.16 Å². The predicted octanol–water partition coefficient (Wildman–Crippen LogP) is 3.42. The molecule has 1 fully saturated rings. The summed E-state index contributed by atoms with van der Waals surface area (Å²) in [5.74, 6) is -0.164. The van der Waals surface area contributed by atoms with Gasteiger partial charge in [0.2, 0.25) is 0 Å². The van der Waals surface area contributed by atoms with Crippen molar-refractivity contribution < 1.29 is 9.53 Å². The Morgan fingerprint density at radius 2 is 2.04 bits per heavy atom. The van der Waals surface area contributed by atoms with Crippen LogP contribution in [0.25, 0.3) is 16.8 Å². The lowest BCUT2D eigenvalue weighted by Crippen LogP contribution is -2.10. The van der Waals surface area contributed by atoms with Crippen molar-refractivity contribution >= 4 is 23.2 Å². The van der Waals surface area contributed by atoms with Crippen LogP contribution in [0.3, 0.4) is 0 Å². The number of benzene rings is 1. The summed E-state index contributed by atoms with van der Waals surface area (Å²) >= 11 is 1.44. The van der Waals surface area contributed by atoms with Gasteiger partial charge in [-0.15, -0.1) is 0 Å². The zero-order valence-electron chi connectivity index (χ0n) is 13.5. The lowest BCUT2D eigenvalue weighted by Gasteiger charge is -2.06. The molecule has 2 aromatic heterocycles. The van der Waals surface area contributed by atoms with Crippen molar-refractivity contribution in [2.45, 2.75) is 30.7 Å². The fourth-order valence-corrected chi connectivity index (χ4v) is 4.00. The summed E-state index contributed by atoms with van der Waals surface area (Å²) in [4.78, 5) is 16.6. The Balaban J connectivity index is 1.89. The van der Waals surface area contributed by atoms with Crippen molar-refractivity contribution in [1.29, 1.82) is 0 Å². The normalized spacial score (nSPS) is 17.4. The van der Waals surface area contributed by atoms with Crippen molar-refractivity contribution in [2.24, 2.45) is 0 Å². The van der Waals surface area contributed by atoms with Crippen LogP contribution >= 0.6 is 11.8 Å². The molecule has 0 radical (unpaired) electrons. The molecule has 24 heavy (non-hydrogen) atoms. The lowest BCUT2D eigenvalue weighted by atomic mass is 10.1. The molecule has 1 aromatic carbocycles. The highest BCUT2D eigenvalue weighted by Gasteiger charge is 2.30. The number of ether oxygens (including phenoxy) is 1. The Kier molecular flexibility index (Phi) is 3.76. The van der Waals surface area contributed by atoms with Gasteiger partial charge in [0.05, 0.1) is 23.5 Å². The molecule has 0 unspecified atom stereocenters. The number of aromatic nitrogens is 3. The van der Waals surface area contributed by atoms with Gasteiger partial charge in [-0.2, -0.15) is 5.10 Å². The highest BCUT2D eigenvalue weighted by Crippen LogP contribution is 2.34. The first-order valence-corrected chi connectivity index (χ1v) is 8.77. The maximum absolute atomic E-state index is 11.8. The number of rotatable bonds is 3. The topological polar surface area (TPSA) is 56.5 Å². The summed E-state index contributed by atoms with van der Waals surface area (Å²) in [6, 6.07) is 12.1. The SMILES string of the molecule is Cc1cc(C)c2c(-c3ccccc3)nc(S[C@H]3CCOC3=O)n2n1. The van der Waals surface area contributed by atoms with E-state index in [2.05, 4.69) is 18.1 Å². The Bertz CT molecular complexity index is 921. The first-order valence-electron chi connectivity index (χ1n) is 7.89. The van der Waals surface area contributed by atoms with E-state index in [1.807, 2.05) is 41.8 Å². The molecule has 1 atom stereocenters. The van der Waals surface area contributed by atoms with Crippen LogP contribution in [-0.4, -0.2) is 32.4 Å². The number of hydrogen-bond acceptors (Lipinski definition) is 5. The highest BCUT2D eigenvalue weighted by molar-refractivity contribution is 8.00. The van der Waals surface area contributed by atoms with Crippen LogP contribution in [0, 0.1) is 13.8 Å². The molecule has 0 amide bonds. The molecule has 0 spiro atoms. The minimum absolute atomic E-state index is 0.164. The summed E-state index contributed by atoms with van der Waals surface area (Å²) in [5, 5.41) is 5.16. The summed E-state index contributed by atoms with van der Waals surface area (Å²) < 4.78 is 6.94. The Morgan fingerprint density at radius 3 is 2.75 bits per heavy atom. The number of aryl methyl sites for hydroxylation is 2. The van der Waals surface area contributed by atoms with Gasteiger partial charge in [-0.3, -0.25) is 4.79 Å². The molecule has 0 saturated carbocycles. The minimum Gasteiger partial charge on any atom is -0.465 e. The fraction of sp³-hybridized carbons (Fsp3) is 0.278. The molecule has 1 aliphatic heterocycles. The van der Waals surface area contributed by atoms with E-state index in [4.69, 9.17) is 9.72 Å². The van der Waals surface area contributed by atoms with E-state index >= 15 is 0 Å². The van der Waals surface area contributed by atoms with Gasteiger partial charge in [-0.1, -0.05) is 42.1 Å². The average Bonchev–Trinajstić information content (AvgIpc) is 3.13. The highest BCUT2D eigenvalue weighted by atomic mass is 32.2. The van der Waals surface area contributed by atoms with Crippen LogP contribution in [-0.2, 0) is 9.53 Å². The number of nitrogens with zero attached hydrogens (tertiary/aromatic N) is 3. The summed E-state index contributed by atoms with van der Waals surface area (Å²) in [6.07, 6.45) is 0.712. The van der Waals surface area contributed by atoms with E-state index in [0.29, 0.717) is 13.0 Å². The van der Waals surface area contributed by atoms with Crippen LogP contribution in [0.1, 0.15) is 17.7 Å². The molecule has 5 nitrogen and oxygen atoms in total. The number of fused-ring (bicyclic) bond motifs is 1. The third-order valence-corrected chi connectivity index (χ3v) is 5.25. The van der Waals surface area contributed by atoms with Crippen molar-refractivity contribution in [2.75, 3.05) is 6.61 Å². The molecular formula is C18H17N3O2S. The van der Waals surface area contributed by atoms with Crippen LogP contribution in [0.15, 0.2) is 41.6 Å². The van der Waals surface area contributed by atoms with Gasteiger partial charge in [-0.25, -0.2) is 9.50 Å². The van der Waals surface area contributed by atoms with Gasteiger partial charge in [0, 0.05) is 12.0 Å². The minimum atomic E-state index is -0.207. The van der Waals surface area contributed by atoms with E-state index in [0.717, 1.165) is 33.2 Å². The lowest BCUT2D eigenvalue weighted by molar-refractivity contribution is -0.137. The first kappa shape index (κ1) is 15.2. The summed E-state index contributed by atoms with van der Waals surface area (Å²) in [7, 11) is 0. The van der Waals surface area contributed by atoms with Crippen molar-refractivity contribution in [1.82, 2.24) is 14.6 Å². The zero-order valence-corrected chi connectivity index (χ0v) is 14.3. The fourth-order valence-electron chi connectivity index (χ4n) is 2.99. The second-order valence-corrected chi connectivity index (χ2v) is 7.07. The van der Waals surface area contributed by atoms with Crippen LogP contribution < -0.4 is 0 Å². The standard InChI is InChI=1S/C18H17N3O2S/c1-11-10-12(2)20-21-16(11)15(13-6-4-3-5-7-13)19-18(21)24-14-8-9-23-17(14)22/h3-7,10,14H,8-9H2,1-2H3/t14-/m0/s1. The number of hydrogen-bond donors (Lipinski definition) is 0. The van der Waals surface area contributed by atoms with E-state index in [1.54, 1.807) is 0 Å². The molecule has 3 aromatic rings. The van der Waals surface area contributed by atoms with Gasteiger partial charge in [0.25, 0.3) is 0 Å². The maximum atomic E-state index is 11.8. The van der Waals surface area contributed by atoms with E-state index < -0.39 is 0 Å². The van der Waals surface area contributed by atoms with E-state index in [9.17, 15) is 4.79 Å². The number of esters is 1. The molecule has 4 rings (SSSR count). The predicted molar refractivity (Wildman–Crippen MR) is 93.1 cm³/mol. The molecule has 3 heterocycles. The zero-order chi connectivity index (χ0) is 16.7. The molecule has 1 aliphatic rings. The Hall–Kier alpha value is -2.34. The number of imidazole rings is 1. The van der Waals surface area contributed by atoms with E-state index in [1.165, 1.54) is 11.8 Å². The summed E-state index contributed by atoms with van der Waals surface area (Å²) in [5.41, 5.74) is 4.97. The number of carbonyl (C=O) groups excluding carboxylic acids is 1. The maximum Gasteiger partial charge on any atom is 0.319 e. The van der Waals surface area contributed by atoms with Crippen molar-refractivity contribution in [3.05, 3.63) is 47.7 Å². The largest absolute Gasteiger partial charge is 0.465 e. The molecule has 0 N–H and O–H groups in total. The average molecular weight is 339 g/mol. The van der Waals surface area contributed by atoms with Crippen LogP contribution in [0.5, 0.6) is 0 Å². The van der Waals surface area contributed by atoms with Crippen molar-refractivity contribution in [3.8, 4) is 11.3 Å². The van der Waals surface area contributed by atoms with Gasteiger partial charge >= 0.3 is 5.97 Å². The Labute approximate surface area is 144 Å². The van der Waals surface area contributed by atoms with Crippen LogP contribution in [0.4, 0.5) is 0 Å². The smallest absolute Gasteiger partial charge is 0.319 e. The molecule has 0 aliphatic carbocycles. The van der Waals surface area contributed by atoms with Crippen LogP contribution in [0.2, 0.25) is 0 Å². The van der Waals surface area contributed by atoms with Gasteiger partial charge in [0.1, 0.15) is 5.25 Å². The quantitative estimate of drug-likeness (QED) is 0.684. The van der Waals surface area contributed by atoms with Gasteiger partial charge in [-0.05, 0) is 25.5 Å². The molecule has 6 heteroatoms. The summed E-state index contributed by atoms with van der Waals surface area (Å²) in [6.45, 7) is 4.51. The second-order valence-electron chi connectivity index (χ2n) is 5.90. The Morgan fingerprint density at radius 1 is 1.25 bits per heavy atom. The van der Waals surface area contributed by atoms with Crippen molar-refractivity contribution in [3.63, 3.8) is 0 Å². The van der Waals surface area contributed by atoms with E-state index in [-0.39, 0.29) is 11.2 Å². The van der Waals surface area contributed by atoms with Gasteiger partial charge < -0.3 is 4.74 Å². The molecule has 1 saturated heterocycles. The number of thioether (sulfide) groups is 1. The molecular weight excluding hydrogens is 322 g/mol. The number of cyclic esters (lactones) is 1. The second kappa shape index (κ2) is 5.94. The monoisotopic (exact) mass is 339 g/mol. The first-order chi connectivity index (χ1) is 11.6. The third-order valence-electron chi connectivity index (χ3n) is 4.06. The molecule has 122 valence electrons. The number of carbonyl (C=O) groups is 1. The molecule has 0 bridgehead atoms.